The third kappa shape index (κ3) is 5.75. The Kier molecular flexibility index (Phi) is 7.44. The molecule has 0 unspecified atom stereocenters. The SMILES string of the molecule is CCCc1ccc(OCC(=O)NNC(=O)[C@H]2CCCC[C@H]2C(=O)O)cc1. The molecular formula is C19H26N2O5. The van der Waals surface area contributed by atoms with Crippen LogP contribution in [-0.2, 0) is 20.8 Å². The molecule has 2 rings (SSSR count). The number of rotatable bonds is 7. The van der Waals surface area contributed by atoms with E-state index in [4.69, 9.17) is 4.74 Å². The number of carboxylic acid groups (broad SMARTS) is 1. The number of hydrogen-bond donors (Lipinski definition) is 3. The van der Waals surface area contributed by atoms with Gasteiger partial charge in [0.2, 0.25) is 5.91 Å². The fourth-order valence-electron chi connectivity index (χ4n) is 3.19. The molecule has 1 aromatic carbocycles. The highest BCUT2D eigenvalue weighted by molar-refractivity contribution is 5.87. The Morgan fingerprint density at radius 2 is 1.73 bits per heavy atom. The third-order valence-electron chi connectivity index (χ3n) is 4.58. The largest absolute Gasteiger partial charge is 0.484 e. The van der Waals surface area contributed by atoms with E-state index in [1.54, 1.807) is 12.1 Å². The first-order valence-corrected chi connectivity index (χ1v) is 9.04. The zero-order valence-corrected chi connectivity index (χ0v) is 15.0. The van der Waals surface area contributed by atoms with Crippen molar-refractivity contribution in [3.05, 3.63) is 29.8 Å². The Morgan fingerprint density at radius 3 is 2.35 bits per heavy atom. The minimum Gasteiger partial charge on any atom is -0.484 e. The molecule has 2 atom stereocenters. The molecule has 3 N–H and O–H groups in total. The van der Waals surface area contributed by atoms with E-state index in [0.29, 0.717) is 18.6 Å². The van der Waals surface area contributed by atoms with Gasteiger partial charge in [-0.2, -0.15) is 0 Å². The summed E-state index contributed by atoms with van der Waals surface area (Å²) in [7, 11) is 0. The maximum atomic E-state index is 12.2. The number of hydrogen-bond acceptors (Lipinski definition) is 4. The lowest BCUT2D eigenvalue weighted by atomic mass is 9.79. The Balaban J connectivity index is 1.75. The average molecular weight is 362 g/mol. The van der Waals surface area contributed by atoms with E-state index in [2.05, 4.69) is 17.8 Å². The number of hydrazine groups is 1. The molecule has 0 aromatic heterocycles. The fraction of sp³-hybridized carbons (Fsp3) is 0.526. The molecule has 7 nitrogen and oxygen atoms in total. The first-order chi connectivity index (χ1) is 12.5. The van der Waals surface area contributed by atoms with Gasteiger partial charge in [-0.25, -0.2) is 0 Å². The number of carboxylic acids is 1. The first-order valence-electron chi connectivity index (χ1n) is 9.04. The molecule has 26 heavy (non-hydrogen) atoms. The number of ether oxygens (including phenoxy) is 1. The van der Waals surface area contributed by atoms with Crippen LogP contribution in [0.5, 0.6) is 5.75 Å². The molecule has 1 fully saturated rings. The molecule has 0 spiro atoms. The number of carbonyl (C=O) groups is 3. The zero-order chi connectivity index (χ0) is 18.9. The molecular weight excluding hydrogens is 336 g/mol. The molecule has 0 bridgehead atoms. The van der Waals surface area contributed by atoms with Crippen LogP contribution in [0.4, 0.5) is 0 Å². The Labute approximate surface area is 153 Å². The van der Waals surface area contributed by atoms with Gasteiger partial charge in [-0.3, -0.25) is 25.2 Å². The Bertz CT molecular complexity index is 629. The van der Waals surface area contributed by atoms with Crippen molar-refractivity contribution >= 4 is 17.8 Å². The van der Waals surface area contributed by atoms with Crippen LogP contribution < -0.4 is 15.6 Å². The number of nitrogens with one attached hydrogen (secondary N) is 2. The summed E-state index contributed by atoms with van der Waals surface area (Å²) in [5, 5.41) is 9.21. The van der Waals surface area contributed by atoms with Crippen LogP contribution in [0.2, 0.25) is 0 Å². The van der Waals surface area contributed by atoms with Gasteiger partial charge in [0.15, 0.2) is 6.61 Å². The molecule has 1 aliphatic carbocycles. The predicted octanol–water partition coefficient (Wildman–Crippen LogP) is 2.06. The molecule has 1 aromatic rings. The molecule has 0 aliphatic heterocycles. The van der Waals surface area contributed by atoms with E-state index < -0.39 is 29.6 Å². The van der Waals surface area contributed by atoms with Crippen LogP contribution in [0.1, 0.15) is 44.6 Å². The monoisotopic (exact) mass is 362 g/mol. The van der Waals surface area contributed by atoms with Gasteiger partial charge in [0.1, 0.15) is 5.75 Å². The lowest BCUT2D eigenvalue weighted by Gasteiger charge is -2.27. The van der Waals surface area contributed by atoms with Gasteiger partial charge in [0.05, 0.1) is 11.8 Å². The fourth-order valence-corrected chi connectivity index (χ4v) is 3.19. The van der Waals surface area contributed by atoms with E-state index in [1.807, 2.05) is 12.1 Å². The second-order valence-corrected chi connectivity index (χ2v) is 6.56. The predicted molar refractivity (Wildman–Crippen MR) is 95.3 cm³/mol. The summed E-state index contributed by atoms with van der Waals surface area (Å²) in [6.45, 7) is 1.87. The van der Waals surface area contributed by atoms with Crippen molar-refractivity contribution in [2.24, 2.45) is 11.8 Å². The average Bonchev–Trinajstić information content (AvgIpc) is 2.65. The summed E-state index contributed by atoms with van der Waals surface area (Å²) in [4.78, 5) is 35.2. The third-order valence-corrected chi connectivity index (χ3v) is 4.58. The number of aryl methyl sites for hydroxylation is 1. The molecule has 0 saturated heterocycles. The van der Waals surface area contributed by atoms with Gasteiger partial charge in [-0.15, -0.1) is 0 Å². The van der Waals surface area contributed by atoms with Crippen molar-refractivity contribution in [1.29, 1.82) is 0 Å². The van der Waals surface area contributed by atoms with Crippen molar-refractivity contribution in [2.45, 2.75) is 45.4 Å². The number of amides is 2. The van der Waals surface area contributed by atoms with Crippen LogP contribution in [0.25, 0.3) is 0 Å². The zero-order valence-electron chi connectivity index (χ0n) is 15.0. The van der Waals surface area contributed by atoms with E-state index in [1.165, 1.54) is 5.56 Å². The second kappa shape index (κ2) is 9.79. The summed E-state index contributed by atoms with van der Waals surface area (Å²) in [6.07, 6.45) is 4.67. The molecule has 2 amide bonds. The maximum Gasteiger partial charge on any atom is 0.307 e. The van der Waals surface area contributed by atoms with Crippen molar-refractivity contribution in [3.63, 3.8) is 0 Å². The van der Waals surface area contributed by atoms with Gasteiger partial charge in [-0.1, -0.05) is 38.3 Å². The molecule has 0 heterocycles. The standard InChI is InChI=1S/C19H26N2O5/c1-2-5-13-8-10-14(11-9-13)26-12-17(22)20-21-18(23)15-6-3-4-7-16(15)19(24)25/h8-11,15-16H,2-7,12H2,1H3,(H,20,22)(H,21,23)(H,24,25)/t15-,16+/m0/s1. The number of carbonyl (C=O) groups excluding carboxylic acids is 2. The molecule has 142 valence electrons. The summed E-state index contributed by atoms with van der Waals surface area (Å²) in [6, 6.07) is 7.51. The van der Waals surface area contributed by atoms with Gasteiger partial charge in [-0.05, 0) is 37.0 Å². The first kappa shape index (κ1) is 19.8. The molecule has 1 saturated carbocycles. The highest BCUT2D eigenvalue weighted by Crippen LogP contribution is 2.30. The molecule has 7 heteroatoms. The van der Waals surface area contributed by atoms with Gasteiger partial charge < -0.3 is 9.84 Å². The van der Waals surface area contributed by atoms with Gasteiger partial charge in [0, 0.05) is 0 Å². The quantitative estimate of drug-likeness (QED) is 0.644. The highest BCUT2D eigenvalue weighted by atomic mass is 16.5. The maximum absolute atomic E-state index is 12.2. The topological polar surface area (TPSA) is 105 Å². The van der Waals surface area contributed by atoms with Crippen LogP contribution in [-0.4, -0.2) is 29.5 Å². The number of aliphatic carboxylic acids is 1. The van der Waals surface area contributed by atoms with Crippen LogP contribution >= 0.6 is 0 Å². The van der Waals surface area contributed by atoms with E-state index in [0.717, 1.165) is 25.7 Å². The summed E-state index contributed by atoms with van der Waals surface area (Å²) >= 11 is 0. The second-order valence-electron chi connectivity index (χ2n) is 6.56. The summed E-state index contributed by atoms with van der Waals surface area (Å²) < 4.78 is 5.38. The lowest BCUT2D eigenvalue weighted by molar-refractivity contribution is -0.149. The number of benzene rings is 1. The van der Waals surface area contributed by atoms with Gasteiger partial charge in [0.25, 0.3) is 5.91 Å². The van der Waals surface area contributed by atoms with E-state index in [-0.39, 0.29) is 6.61 Å². The lowest BCUT2D eigenvalue weighted by Crippen LogP contribution is -2.49. The van der Waals surface area contributed by atoms with Crippen molar-refractivity contribution in [3.8, 4) is 5.75 Å². The van der Waals surface area contributed by atoms with Crippen LogP contribution in [0.3, 0.4) is 0 Å². The Morgan fingerprint density at radius 1 is 1.08 bits per heavy atom. The minimum absolute atomic E-state index is 0.236. The Hall–Kier alpha value is -2.57. The van der Waals surface area contributed by atoms with E-state index >= 15 is 0 Å². The highest BCUT2D eigenvalue weighted by Gasteiger charge is 2.35. The van der Waals surface area contributed by atoms with Crippen molar-refractivity contribution in [2.75, 3.05) is 6.61 Å². The smallest absolute Gasteiger partial charge is 0.307 e. The molecule has 1 aliphatic rings. The normalized spacial score (nSPS) is 19.4. The molecule has 0 radical (unpaired) electrons. The van der Waals surface area contributed by atoms with Crippen LogP contribution in [0.15, 0.2) is 24.3 Å². The van der Waals surface area contributed by atoms with E-state index in [9.17, 15) is 19.5 Å². The van der Waals surface area contributed by atoms with Crippen molar-refractivity contribution in [1.82, 2.24) is 10.9 Å². The van der Waals surface area contributed by atoms with Crippen LogP contribution in [0, 0.1) is 11.8 Å². The van der Waals surface area contributed by atoms with Gasteiger partial charge >= 0.3 is 5.97 Å². The van der Waals surface area contributed by atoms with Crippen molar-refractivity contribution < 1.29 is 24.2 Å². The summed E-state index contributed by atoms with van der Waals surface area (Å²) in [5.41, 5.74) is 5.81. The minimum atomic E-state index is -0.967. The summed E-state index contributed by atoms with van der Waals surface area (Å²) in [5.74, 6) is -2.67.